The van der Waals surface area contributed by atoms with Crippen LogP contribution in [0.2, 0.25) is 0 Å². The second kappa shape index (κ2) is 8.11. The summed E-state index contributed by atoms with van der Waals surface area (Å²) in [5, 5.41) is 13.6. The summed E-state index contributed by atoms with van der Waals surface area (Å²) in [5.41, 5.74) is 1.82. The van der Waals surface area contributed by atoms with E-state index in [-0.39, 0.29) is 11.3 Å². The van der Waals surface area contributed by atoms with Crippen molar-refractivity contribution in [2.75, 3.05) is 30.9 Å². The first kappa shape index (κ1) is 18.9. The molecule has 0 fully saturated rings. The summed E-state index contributed by atoms with van der Waals surface area (Å²) in [6, 6.07) is 11.1. The number of hydrogen-bond acceptors (Lipinski definition) is 6. The van der Waals surface area contributed by atoms with Crippen LogP contribution in [-0.4, -0.2) is 37.5 Å². The van der Waals surface area contributed by atoms with E-state index in [4.69, 9.17) is 4.74 Å². The van der Waals surface area contributed by atoms with Gasteiger partial charge in [-0.2, -0.15) is 0 Å². The van der Waals surface area contributed by atoms with Crippen LogP contribution in [0.15, 0.2) is 42.5 Å². The van der Waals surface area contributed by atoms with Crippen LogP contribution in [0.25, 0.3) is 0 Å². The van der Waals surface area contributed by atoms with E-state index < -0.39 is 23.4 Å². The smallest absolute Gasteiger partial charge is 0.341 e. The lowest BCUT2D eigenvalue weighted by atomic mass is 10.1. The van der Waals surface area contributed by atoms with Crippen molar-refractivity contribution in [3.63, 3.8) is 0 Å². The molecule has 0 aliphatic rings. The van der Waals surface area contributed by atoms with Crippen LogP contribution >= 0.6 is 0 Å². The van der Waals surface area contributed by atoms with Crippen LogP contribution in [0.4, 0.5) is 17.1 Å². The highest BCUT2D eigenvalue weighted by Crippen LogP contribution is 2.25. The van der Waals surface area contributed by atoms with Gasteiger partial charge in [0.2, 0.25) is 0 Å². The van der Waals surface area contributed by atoms with Crippen molar-refractivity contribution >= 4 is 28.9 Å². The van der Waals surface area contributed by atoms with E-state index in [1.807, 2.05) is 13.0 Å². The zero-order valence-corrected chi connectivity index (χ0v) is 14.7. The van der Waals surface area contributed by atoms with E-state index in [9.17, 15) is 19.7 Å². The highest BCUT2D eigenvalue weighted by atomic mass is 16.6. The maximum Gasteiger partial charge on any atom is 0.341 e. The van der Waals surface area contributed by atoms with Crippen LogP contribution in [-0.2, 0) is 9.53 Å². The third-order valence-corrected chi connectivity index (χ3v) is 3.53. The molecule has 0 bridgehead atoms. The quantitative estimate of drug-likeness (QED) is 0.484. The number of nitrogens with zero attached hydrogens (tertiary/aromatic N) is 2. The molecule has 0 aromatic heterocycles. The molecule has 0 heterocycles. The molecule has 0 atom stereocenters. The number of amides is 1. The van der Waals surface area contributed by atoms with Crippen LogP contribution in [0, 0.1) is 17.0 Å². The van der Waals surface area contributed by atoms with Crippen LogP contribution < -0.4 is 10.2 Å². The maximum atomic E-state index is 12.3. The molecular weight excluding hydrogens is 338 g/mol. The van der Waals surface area contributed by atoms with Gasteiger partial charge in [-0.25, -0.2) is 4.79 Å². The molecule has 2 rings (SSSR count). The summed E-state index contributed by atoms with van der Waals surface area (Å²) >= 11 is 0. The van der Waals surface area contributed by atoms with Crippen molar-refractivity contribution in [1.29, 1.82) is 0 Å². The molecule has 1 amide bonds. The largest absolute Gasteiger partial charge is 0.452 e. The average Bonchev–Trinajstić information content (AvgIpc) is 2.59. The number of rotatable bonds is 6. The number of nitro benzene ring substituents is 1. The summed E-state index contributed by atoms with van der Waals surface area (Å²) in [6.45, 7) is 1.39. The second-order valence-electron chi connectivity index (χ2n) is 5.85. The Morgan fingerprint density at radius 3 is 2.54 bits per heavy atom. The Hall–Kier alpha value is -3.42. The molecule has 0 unspecified atom stereocenters. The van der Waals surface area contributed by atoms with Crippen LogP contribution in [0.3, 0.4) is 0 Å². The number of anilines is 2. The standard InChI is InChI=1S/C18H19N3O5/c1-12-5-4-6-13(9-12)19-17(22)11-26-18(23)15-10-14(21(24)25)7-8-16(15)20(2)3/h4-10H,11H2,1-3H3,(H,19,22). The minimum Gasteiger partial charge on any atom is -0.452 e. The lowest BCUT2D eigenvalue weighted by Gasteiger charge is -2.16. The molecule has 8 heteroatoms. The third kappa shape index (κ3) is 4.79. The van der Waals surface area contributed by atoms with Gasteiger partial charge in [0, 0.05) is 31.9 Å². The lowest BCUT2D eigenvalue weighted by molar-refractivity contribution is -0.384. The van der Waals surface area contributed by atoms with Gasteiger partial charge in [0.15, 0.2) is 6.61 Å². The van der Waals surface area contributed by atoms with Crippen molar-refractivity contribution in [2.24, 2.45) is 0 Å². The molecule has 26 heavy (non-hydrogen) atoms. The van der Waals surface area contributed by atoms with Gasteiger partial charge in [0.1, 0.15) is 0 Å². The molecule has 2 aromatic carbocycles. The molecule has 0 aliphatic carbocycles. The van der Waals surface area contributed by atoms with E-state index in [2.05, 4.69) is 5.32 Å². The van der Waals surface area contributed by atoms with Gasteiger partial charge in [0.05, 0.1) is 16.2 Å². The third-order valence-electron chi connectivity index (χ3n) is 3.53. The number of esters is 1. The Morgan fingerprint density at radius 1 is 1.19 bits per heavy atom. The average molecular weight is 357 g/mol. The minimum absolute atomic E-state index is 0.0209. The van der Waals surface area contributed by atoms with Crippen molar-refractivity contribution in [3.8, 4) is 0 Å². The molecule has 0 saturated heterocycles. The second-order valence-corrected chi connectivity index (χ2v) is 5.85. The molecule has 2 aromatic rings. The number of nitrogens with one attached hydrogen (secondary N) is 1. The maximum absolute atomic E-state index is 12.3. The zero-order valence-electron chi connectivity index (χ0n) is 14.7. The zero-order chi connectivity index (χ0) is 19.3. The van der Waals surface area contributed by atoms with Gasteiger partial charge in [0.25, 0.3) is 11.6 Å². The van der Waals surface area contributed by atoms with E-state index in [1.165, 1.54) is 12.1 Å². The molecule has 0 spiro atoms. The molecule has 0 saturated carbocycles. The van der Waals surface area contributed by atoms with E-state index >= 15 is 0 Å². The van der Waals surface area contributed by atoms with Gasteiger partial charge < -0.3 is 15.0 Å². The molecule has 0 radical (unpaired) electrons. The highest BCUT2D eigenvalue weighted by molar-refractivity contribution is 5.99. The van der Waals surface area contributed by atoms with Crippen molar-refractivity contribution in [1.82, 2.24) is 0 Å². The fourth-order valence-electron chi connectivity index (χ4n) is 2.32. The number of nitro groups is 1. The van der Waals surface area contributed by atoms with Gasteiger partial charge in [-0.1, -0.05) is 12.1 Å². The summed E-state index contributed by atoms with van der Waals surface area (Å²) in [7, 11) is 3.39. The first-order chi connectivity index (χ1) is 12.3. The van der Waals surface area contributed by atoms with Gasteiger partial charge >= 0.3 is 5.97 Å². The number of carbonyl (C=O) groups is 2. The van der Waals surface area contributed by atoms with Crippen LogP contribution in [0.5, 0.6) is 0 Å². The number of hydrogen-bond donors (Lipinski definition) is 1. The Balaban J connectivity index is 2.08. The van der Waals surface area contributed by atoms with E-state index in [0.29, 0.717) is 11.4 Å². The number of ether oxygens (including phenoxy) is 1. The van der Waals surface area contributed by atoms with Gasteiger partial charge in [-0.15, -0.1) is 0 Å². The summed E-state index contributed by atoms with van der Waals surface area (Å²) in [6.07, 6.45) is 0. The predicted octanol–water partition coefficient (Wildman–Crippen LogP) is 2.76. The normalized spacial score (nSPS) is 10.1. The van der Waals surface area contributed by atoms with Crippen LogP contribution in [0.1, 0.15) is 15.9 Å². The summed E-state index contributed by atoms with van der Waals surface area (Å²) < 4.78 is 5.02. The Bertz CT molecular complexity index is 848. The summed E-state index contributed by atoms with van der Waals surface area (Å²) in [4.78, 5) is 36.2. The van der Waals surface area contributed by atoms with Gasteiger partial charge in [-0.05, 0) is 30.7 Å². The molecule has 136 valence electrons. The van der Waals surface area contributed by atoms with E-state index in [1.54, 1.807) is 37.2 Å². The topological polar surface area (TPSA) is 102 Å². The SMILES string of the molecule is Cc1cccc(NC(=O)COC(=O)c2cc([N+](=O)[O-])ccc2N(C)C)c1. The fraction of sp³-hybridized carbons (Fsp3) is 0.222. The molecule has 8 nitrogen and oxygen atoms in total. The first-order valence-electron chi connectivity index (χ1n) is 7.77. The van der Waals surface area contributed by atoms with Crippen molar-refractivity contribution < 1.29 is 19.2 Å². The monoisotopic (exact) mass is 357 g/mol. The fourth-order valence-corrected chi connectivity index (χ4v) is 2.32. The Morgan fingerprint density at radius 2 is 1.92 bits per heavy atom. The molecule has 0 aliphatic heterocycles. The van der Waals surface area contributed by atoms with E-state index in [0.717, 1.165) is 11.6 Å². The lowest BCUT2D eigenvalue weighted by Crippen LogP contribution is -2.22. The highest BCUT2D eigenvalue weighted by Gasteiger charge is 2.20. The number of aryl methyl sites for hydroxylation is 1. The Labute approximate surface area is 150 Å². The number of non-ortho nitro benzene ring substituents is 1. The molecule has 1 N–H and O–H groups in total. The van der Waals surface area contributed by atoms with Crippen molar-refractivity contribution in [3.05, 3.63) is 63.7 Å². The number of carbonyl (C=O) groups excluding carboxylic acids is 2. The van der Waals surface area contributed by atoms with Crippen molar-refractivity contribution in [2.45, 2.75) is 6.92 Å². The number of benzene rings is 2. The Kier molecular flexibility index (Phi) is 5.90. The molecular formula is C18H19N3O5. The summed E-state index contributed by atoms with van der Waals surface area (Å²) in [5.74, 6) is -1.31. The first-order valence-corrected chi connectivity index (χ1v) is 7.77. The predicted molar refractivity (Wildman–Crippen MR) is 97.5 cm³/mol. The minimum atomic E-state index is -0.809. The van der Waals surface area contributed by atoms with Gasteiger partial charge in [-0.3, -0.25) is 14.9 Å².